The Bertz CT molecular complexity index is 297. The van der Waals surface area contributed by atoms with Gasteiger partial charge in [0.05, 0.1) is 0 Å². The second kappa shape index (κ2) is 7.34. The van der Waals surface area contributed by atoms with Gasteiger partial charge in [0.15, 0.2) is 0 Å². The molecule has 1 amide bonds. The largest absolute Gasteiger partial charge is 0.358 e. The van der Waals surface area contributed by atoms with Crippen molar-refractivity contribution in [1.29, 1.82) is 0 Å². The van der Waals surface area contributed by atoms with Crippen LogP contribution in [0.1, 0.15) is 38.5 Å². The molecule has 3 nitrogen and oxygen atoms in total. The van der Waals surface area contributed by atoms with Crippen LogP contribution in [-0.4, -0.2) is 52.0 Å². The first kappa shape index (κ1) is 14.1. The van der Waals surface area contributed by atoms with Crippen molar-refractivity contribution in [2.45, 2.75) is 38.5 Å². The fourth-order valence-corrected chi connectivity index (χ4v) is 3.77. The van der Waals surface area contributed by atoms with Crippen molar-refractivity contribution >= 4 is 34.2 Å². The van der Waals surface area contributed by atoms with Gasteiger partial charge in [-0.3, -0.25) is 4.79 Å². The summed E-state index contributed by atoms with van der Waals surface area (Å²) in [5, 5.41) is 0. The lowest BCUT2D eigenvalue weighted by Gasteiger charge is -2.26. The van der Waals surface area contributed by atoms with Crippen LogP contribution in [0.25, 0.3) is 0 Å². The summed E-state index contributed by atoms with van der Waals surface area (Å²) in [6, 6.07) is 0. The highest BCUT2D eigenvalue weighted by atomic mass is 32.2. The fourth-order valence-electron chi connectivity index (χ4n) is 2.52. The molecule has 0 N–H and O–H groups in total. The average Bonchev–Trinajstić information content (AvgIpc) is 2.93. The van der Waals surface area contributed by atoms with Gasteiger partial charge < -0.3 is 9.80 Å². The van der Waals surface area contributed by atoms with Gasteiger partial charge in [-0.1, -0.05) is 24.0 Å². The van der Waals surface area contributed by atoms with Crippen LogP contribution in [0, 0.1) is 0 Å². The molecule has 0 aromatic carbocycles. The molecule has 5 heteroatoms. The number of hydrogen-bond acceptors (Lipinski definition) is 3. The van der Waals surface area contributed by atoms with E-state index in [0.717, 1.165) is 36.3 Å². The highest BCUT2D eigenvalue weighted by molar-refractivity contribution is 8.22. The van der Waals surface area contributed by atoms with Crippen LogP contribution in [-0.2, 0) is 4.79 Å². The molecule has 2 saturated heterocycles. The topological polar surface area (TPSA) is 23.6 Å². The molecule has 0 saturated carbocycles. The Labute approximate surface area is 119 Å². The fraction of sp³-hybridized carbons (Fsp3) is 0.846. The molecular weight excluding hydrogens is 264 g/mol. The predicted octanol–water partition coefficient (Wildman–Crippen LogP) is 2.50. The van der Waals surface area contributed by atoms with Crippen molar-refractivity contribution in [2.75, 3.05) is 31.9 Å². The van der Waals surface area contributed by atoms with Crippen LogP contribution in [0.4, 0.5) is 0 Å². The molecule has 18 heavy (non-hydrogen) atoms. The van der Waals surface area contributed by atoms with E-state index in [0.29, 0.717) is 12.3 Å². The zero-order chi connectivity index (χ0) is 12.8. The molecule has 2 rings (SSSR count). The minimum absolute atomic E-state index is 0.312. The van der Waals surface area contributed by atoms with Gasteiger partial charge in [0.1, 0.15) is 4.32 Å². The summed E-state index contributed by atoms with van der Waals surface area (Å²) in [6.07, 6.45) is 6.77. The third kappa shape index (κ3) is 4.12. The zero-order valence-electron chi connectivity index (χ0n) is 10.9. The summed E-state index contributed by atoms with van der Waals surface area (Å²) in [7, 11) is 0. The van der Waals surface area contributed by atoms with Crippen molar-refractivity contribution in [3.8, 4) is 0 Å². The quantitative estimate of drug-likeness (QED) is 0.744. The van der Waals surface area contributed by atoms with Crippen molar-refractivity contribution in [3.05, 3.63) is 0 Å². The number of thiocarbonyl (C=S) groups is 1. The van der Waals surface area contributed by atoms with Crippen LogP contribution in [0.2, 0.25) is 0 Å². The van der Waals surface area contributed by atoms with Crippen LogP contribution in [0.15, 0.2) is 0 Å². The molecule has 0 atom stereocenters. The molecule has 102 valence electrons. The third-order valence-electron chi connectivity index (χ3n) is 3.61. The van der Waals surface area contributed by atoms with E-state index in [1.165, 1.54) is 32.1 Å². The number of amides is 1. The number of likely N-dealkylation sites (tertiary alicyclic amines) is 2. The Kier molecular flexibility index (Phi) is 5.76. The molecule has 0 radical (unpaired) electrons. The highest BCUT2D eigenvalue weighted by Crippen LogP contribution is 2.17. The Morgan fingerprint density at radius 3 is 2.17 bits per heavy atom. The first-order chi connectivity index (χ1) is 8.77. The van der Waals surface area contributed by atoms with E-state index >= 15 is 0 Å². The zero-order valence-corrected chi connectivity index (χ0v) is 12.5. The van der Waals surface area contributed by atoms with Crippen LogP contribution < -0.4 is 0 Å². The Morgan fingerprint density at radius 1 is 0.944 bits per heavy atom. The van der Waals surface area contributed by atoms with Crippen LogP contribution >= 0.6 is 24.0 Å². The van der Waals surface area contributed by atoms with E-state index < -0.39 is 0 Å². The van der Waals surface area contributed by atoms with Crippen molar-refractivity contribution in [3.63, 3.8) is 0 Å². The molecule has 0 aliphatic carbocycles. The lowest BCUT2D eigenvalue weighted by Crippen LogP contribution is -2.35. The summed E-state index contributed by atoms with van der Waals surface area (Å²) in [6.45, 7) is 4.12. The number of rotatable bonds is 3. The number of piperidine rings is 1. The lowest BCUT2D eigenvalue weighted by atomic mass is 10.1. The Balaban J connectivity index is 1.62. The summed E-state index contributed by atoms with van der Waals surface area (Å²) < 4.78 is 0.985. The van der Waals surface area contributed by atoms with Crippen molar-refractivity contribution in [2.24, 2.45) is 0 Å². The molecule has 0 aromatic heterocycles. The van der Waals surface area contributed by atoms with Gasteiger partial charge in [0, 0.05) is 38.4 Å². The normalized spacial score (nSPS) is 20.2. The molecule has 2 aliphatic heterocycles. The lowest BCUT2D eigenvalue weighted by molar-refractivity contribution is -0.131. The Morgan fingerprint density at radius 2 is 1.50 bits per heavy atom. The predicted molar refractivity (Wildman–Crippen MR) is 80.9 cm³/mol. The van der Waals surface area contributed by atoms with E-state index in [9.17, 15) is 4.79 Å². The number of thioether (sulfide) groups is 1. The SMILES string of the molecule is O=C(CCSC(=S)N1CCCC1)N1CCCCC1. The Hall–Kier alpha value is -0.290. The first-order valence-electron chi connectivity index (χ1n) is 6.97. The van der Waals surface area contributed by atoms with Crippen LogP contribution in [0.5, 0.6) is 0 Å². The van der Waals surface area contributed by atoms with Gasteiger partial charge in [-0.2, -0.15) is 0 Å². The van der Waals surface area contributed by atoms with Crippen molar-refractivity contribution < 1.29 is 4.79 Å². The average molecular weight is 286 g/mol. The monoisotopic (exact) mass is 286 g/mol. The number of hydrogen-bond donors (Lipinski definition) is 0. The smallest absolute Gasteiger partial charge is 0.223 e. The van der Waals surface area contributed by atoms with Crippen LogP contribution in [0.3, 0.4) is 0 Å². The van der Waals surface area contributed by atoms with E-state index in [-0.39, 0.29) is 0 Å². The van der Waals surface area contributed by atoms with E-state index in [1.807, 2.05) is 4.90 Å². The van der Waals surface area contributed by atoms with Gasteiger partial charge in [-0.05, 0) is 32.1 Å². The number of nitrogens with zero attached hydrogens (tertiary/aromatic N) is 2. The maximum absolute atomic E-state index is 12.0. The minimum Gasteiger partial charge on any atom is -0.358 e. The van der Waals surface area contributed by atoms with Crippen molar-refractivity contribution in [1.82, 2.24) is 9.80 Å². The molecule has 0 bridgehead atoms. The summed E-state index contributed by atoms with van der Waals surface area (Å²) in [4.78, 5) is 16.2. The first-order valence-corrected chi connectivity index (χ1v) is 8.36. The van der Waals surface area contributed by atoms with Gasteiger partial charge in [0.25, 0.3) is 0 Å². The molecule has 0 aromatic rings. The third-order valence-corrected chi connectivity index (χ3v) is 5.14. The molecule has 0 spiro atoms. The molecule has 2 fully saturated rings. The van der Waals surface area contributed by atoms with Gasteiger partial charge in [-0.15, -0.1) is 0 Å². The highest BCUT2D eigenvalue weighted by Gasteiger charge is 2.18. The summed E-state index contributed by atoms with van der Waals surface area (Å²) in [5.74, 6) is 1.15. The second-order valence-corrected chi connectivity index (χ2v) is 6.73. The van der Waals surface area contributed by atoms with Gasteiger partial charge in [-0.25, -0.2) is 0 Å². The van der Waals surface area contributed by atoms with Gasteiger partial charge in [0.2, 0.25) is 5.91 Å². The van der Waals surface area contributed by atoms with Gasteiger partial charge >= 0.3 is 0 Å². The summed E-state index contributed by atoms with van der Waals surface area (Å²) >= 11 is 7.06. The molecular formula is C13H22N2OS2. The summed E-state index contributed by atoms with van der Waals surface area (Å²) in [5.41, 5.74) is 0. The standard InChI is InChI=1S/C13H22N2OS2/c16-12(14-7-2-1-3-8-14)6-11-18-13(17)15-9-4-5-10-15/h1-11H2. The van der Waals surface area contributed by atoms with E-state index in [2.05, 4.69) is 4.90 Å². The second-order valence-electron chi connectivity index (χ2n) is 5.00. The molecule has 2 heterocycles. The molecule has 0 unspecified atom stereocenters. The number of carbonyl (C=O) groups excluding carboxylic acids is 1. The number of carbonyl (C=O) groups is 1. The maximum Gasteiger partial charge on any atom is 0.223 e. The minimum atomic E-state index is 0.312. The van der Waals surface area contributed by atoms with E-state index in [1.54, 1.807) is 11.8 Å². The maximum atomic E-state index is 12.0. The molecule has 2 aliphatic rings. The van der Waals surface area contributed by atoms with E-state index in [4.69, 9.17) is 12.2 Å².